The number of carboxylic acids is 2. The fraction of sp³-hybridized carbons (Fsp3) is 0.583. The summed E-state index contributed by atoms with van der Waals surface area (Å²) < 4.78 is 5.12. The molecule has 2 atom stereocenters. The zero-order valence-corrected chi connectivity index (χ0v) is 13.9. The van der Waals surface area contributed by atoms with Crippen molar-refractivity contribution in [2.75, 3.05) is 32.8 Å². The van der Waals surface area contributed by atoms with Crippen LogP contribution in [-0.2, 0) is 14.3 Å². The summed E-state index contributed by atoms with van der Waals surface area (Å²) >= 11 is 0. The maximum atomic E-state index is 11.4. The smallest absolute Gasteiger partial charge is 1.00 e. The molecular weight excluding hydrogens is 275 g/mol. The maximum absolute atomic E-state index is 11.4. The van der Waals surface area contributed by atoms with Crippen LogP contribution >= 0.6 is 0 Å². The Morgan fingerprint density at radius 1 is 1.55 bits per heavy atom. The Balaban J connectivity index is 0. The van der Waals surface area contributed by atoms with Crippen LogP contribution < -0.4 is 29.6 Å². The van der Waals surface area contributed by atoms with E-state index in [9.17, 15) is 14.7 Å². The predicted molar refractivity (Wildman–Crippen MR) is 69.2 cm³/mol. The summed E-state index contributed by atoms with van der Waals surface area (Å²) in [5.41, 5.74) is 0.541. The SMILES string of the molecule is C=C(C)C(C(=O)O)[N+]1(CCOCC(=O)O)C=NCC1.[H-].[Na+]. The largest absolute Gasteiger partial charge is 1.00 e. The Bertz CT molecular complexity index is 404. The zero-order chi connectivity index (χ0) is 14.5. The van der Waals surface area contributed by atoms with Gasteiger partial charge in [-0.15, -0.1) is 0 Å². The van der Waals surface area contributed by atoms with E-state index in [1.807, 2.05) is 0 Å². The molecule has 2 unspecified atom stereocenters. The average Bonchev–Trinajstić information content (AvgIpc) is 2.72. The topological polar surface area (TPSA) is 96.2 Å². The van der Waals surface area contributed by atoms with Gasteiger partial charge in [0.1, 0.15) is 19.7 Å². The predicted octanol–water partition coefficient (Wildman–Crippen LogP) is -2.91. The Morgan fingerprint density at radius 3 is 2.60 bits per heavy atom. The van der Waals surface area contributed by atoms with Crippen molar-refractivity contribution >= 4 is 18.3 Å². The van der Waals surface area contributed by atoms with Crippen LogP contribution in [0.15, 0.2) is 17.1 Å². The van der Waals surface area contributed by atoms with Crippen LogP contribution in [0.4, 0.5) is 0 Å². The number of carboxylic acid groups (broad SMARTS) is 2. The molecule has 1 heterocycles. The van der Waals surface area contributed by atoms with Gasteiger partial charge in [-0.2, -0.15) is 0 Å². The van der Waals surface area contributed by atoms with Crippen molar-refractivity contribution < 1.29 is 60.0 Å². The Kier molecular flexibility index (Phi) is 8.22. The van der Waals surface area contributed by atoms with Crippen LogP contribution in [-0.4, -0.2) is 71.9 Å². The van der Waals surface area contributed by atoms with Gasteiger partial charge in [0.15, 0.2) is 6.34 Å². The second-order valence-electron chi connectivity index (χ2n) is 4.61. The van der Waals surface area contributed by atoms with Crippen molar-refractivity contribution in [3.8, 4) is 0 Å². The summed E-state index contributed by atoms with van der Waals surface area (Å²) in [6, 6.07) is -0.778. The molecule has 0 bridgehead atoms. The summed E-state index contributed by atoms with van der Waals surface area (Å²) in [6.07, 6.45) is 1.61. The molecular formula is C12H20N2NaO5+. The number of carbonyl (C=O) groups is 2. The molecule has 20 heavy (non-hydrogen) atoms. The molecule has 0 saturated heterocycles. The molecule has 0 fully saturated rings. The third kappa shape index (κ3) is 4.99. The second-order valence-corrected chi connectivity index (χ2v) is 4.61. The third-order valence-corrected chi connectivity index (χ3v) is 3.05. The maximum Gasteiger partial charge on any atom is 1.00 e. The number of ether oxygens (including phenoxy) is 1. The molecule has 108 valence electrons. The van der Waals surface area contributed by atoms with Crippen LogP contribution in [0.1, 0.15) is 8.35 Å². The van der Waals surface area contributed by atoms with Gasteiger partial charge < -0.3 is 16.4 Å². The van der Waals surface area contributed by atoms with Crippen LogP contribution in [0.3, 0.4) is 0 Å². The molecule has 0 aromatic carbocycles. The fourth-order valence-corrected chi connectivity index (χ4v) is 2.28. The number of quaternary nitrogens is 1. The first kappa shape index (κ1) is 19.3. The summed E-state index contributed by atoms with van der Waals surface area (Å²) in [4.78, 5) is 25.9. The van der Waals surface area contributed by atoms with E-state index in [2.05, 4.69) is 11.6 Å². The first-order valence-electron chi connectivity index (χ1n) is 5.94. The van der Waals surface area contributed by atoms with E-state index in [1.54, 1.807) is 13.3 Å². The van der Waals surface area contributed by atoms with Crippen LogP contribution in [0.5, 0.6) is 0 Å². The molecule has 1 rings (SSSR count). The van der Waals surface area contributed by atoms with Gasteiger partial charge in [-0.3, -0.25) is 4.48 Å². The Morgan fingerprint density at radius 2 is 2.20 bits per heavy atom. The van der Waals surface area contributed by atoms with Gasteiger partial charge in [-0.05, 0) is 12.5 Å². The summed E-state index contributed by atoms with van der Waals surface area (Å²) in [5, 5.41) is 17.8. The second kappa shape index (κ2) is 8.53. The van der Waals surface area contributed by atoms with Crippen molar-refractivity contribution in [1.82, 2.24) is 0 Å². The van der Waals surface area contributed by atoms with E-state index in [0.717, 1.165) is 0 Å². The third-order valence-electron chi connectivity index (χ3n) is 3.05. The van der Waals surface area contributed by atoms with Crippen LogP contribution in [0, 0.1) is 0 Å². The quantitative estimate of drug-likeness (QED) is 0.217. The Labute approximate surface area is 141 Å². The van der Waals surface area contributed by atoms with Crippen molar-refractivity contribution in [2.24, 2.45) is 4.99 Å². The summed E-state index contributed by atoms with van der Waals surface area (Å²) in [5.74, 6) is -2.00. The molecule has 2 N–H and O–H groups in total. The first-order valence-corrected chi connectivity index (χ1v) is 5.94. The van der Waals surface area contributed by atoms with E-state index in [4.69, 9.17) is 9.84 Å². The van der Waals surface area contributed by atoms with E-state index in [0.29, 0.717) is 25.2 Å². The van der Waals surface area contributed by atoms with E-state index >= 15 is 0 Å². The molecule has 0 saturated carbocycles. The number of aliphatic carboxylic acids is 2. The molecule has 0 amide bonds. The molecule has 0 spiro atoms. The summed E-state index contributed by atoms with van der Waals surface area (Å²) in [6.45, 7) is 6.64. The molecule has 0 aromatic heterocycles. The number of rotatable bonds is 8. The molecule has 1 aliphatic heterocycles. The number of hydrogen-bond donors (Lipinski definition) is 2. The van der Waals surface area contributed by atoms with Crippen molar-refractivity contribution in [3.05, 3.63) is 12.2 Å². The fourth-order valence-electron chi connectivity index (χ4n) is 2.28. The van der Waals surface area contributed by atoms with E-state index in [-0.39, 0.29) is 48.7 Å². The first-order chi connectivity index (χ1) is 8.89. The van der Waals surface area contributed by atoms with Crippen LogP contribution in [0.2, 0.25) is 0 Å². The van der Waals surface area contributed by atoms with Gasteiger partial charge in [0.2, 0.25) is 6.04 Å². The molecule has 1 aliphatic rings. The zero-order valence-electron chi connectivity index (χ0n) is 12.9. The number of nitrogens with zero attached hydrogens (tertiary/aromatic N) is 2. The summed E-state index contributed by atoms with van der Waals surface area (Å²) in [7, 11) is 0. The molecule has 7 nitrogen and oxygen atoms in total. The molecule has 0 aliphatic carbocycles. The van der Waals surface area contributed by atoms with Gasteiger partial charge in [-0.25, -0.2) is 14.6 Å². The number of aliphatic imine (C=N–C) groups is 1. The van der Waals surface area contributed by atoms with Gasteiger partial charge in [0, 0.05) is 0 Å². The van der Waals surface area contributed by atoms with E-state index in [1.165, 1.54) is 0 Å². The van der Waals surface area contributed by atoms with Crippen molar-refractivity contribution in [1.29, 1.82) is 0 Å². The van der Waals surface area contributed by atoms with Gasteiger partial charge >= 0.3 is 41.5 Å². The minimum atomic E-state index is -1.05. The van der Waals surface area contributed by atoms with Gasteiger partial charge in [-0.1, -0.05) is 6.58 Å². The molecule has 0 radical (unpaired) electrons. The number of hydrogen-bond acceptors (Lipinski definition) is 4. The van der Waals surface area contributed by atoms with Gasteiger partial charge in [0.25, 0.3) is 0 Å². The normalized spacial score (nSPS) is 22.1. The molecule has 8 heteroatoms. The minimum absolute atomic E-state index is 0. The van der Waals surface area contributed by atoms with Crippen LogP contribution in [0.25, 0.3) is 0 Å². The van der Waals surface area contributed by atoms with Crippen molar-refractivity contribution in [3.63, 3.8) is 0 Å². The van der Waals surface area contributed by atoms with Crippen molar-refractivity contribution in [2.45, 2.75) is 13.0 Å². The Hall–Kier alpha value is -0.730. The van der Waals surface area contributed by atoms with Gasteiger partial charge in [0.05, 0.1) is 13.2 Å². The average molecular weight is 295 g/mol. The monoisotopic (exact) mass is 295 g/mol. The molecule has 0 aromatic rings. The minimum Gasteiger partial charge on any atom is -1.00 e. The standard InChI is InChI=1S/C12H18N2O5.Na.H/c1-9(2)11(12(17)18)14(4-3-13-8-14)5-6-19-7-10(15)16;;/h8,11H,1,3-7H2,2H3,(H-,15,16,17,18);;/q;+1;-1/p+1. The van der Waals surface area contributed by atoms with E-state index < -0.39 is 18.0 Å².